The Morgan fingerprint density at radius 2 is 2.06 bits per heavy atom. The van der Waals surface area contributed by atoms with Crippen LogP contribution in [0.15, 0.2) is 18.2 Å². The summed E-state index contributed by atoms with van der Waals surface area (Å²) in [6.07, 6.45) is 0. The summed E-state index contributed by atoms with van der Waals surface area (Å²) in [7, 11) is -0.232. The first-order valence-corrected chi connectivity index (χ1v) is 6.84. The van der Waals surface area contributed by atoms with Crippen molar-refractivity contribution < 1.29 is 13.2 Å². The lowest BCUT2D eigenvalue weighted by Crippen LogP contribution is -2.31. The molecule has 96 valence electrons. The van der Waals surface area contributed by atoms with Gasteiger partial charge in [-0.05, 0) is 30.7 Å². The molecule has 0 fully saturated rings. The van der Waals surface area contributed by atoms with Crippen molar-refractivity contribution in [3.8, 4) is 5.75 Å². The highest BCUT2D eigenvalue weighted by atomic mass is 32.2. The Kier molecular flexibility index (Phi) is 4.36. The van der Waals surface area contributed by atoms with Gasteiger partial charge < -0.3 is 10.5 Å². The molecule has 1 rings (SSSR count). The third-order valence-electron chi connectivity index (χ3n) is 2.54. The van der Waals surface area contributed by atoms with Crippen LogP contribution in [0.4, 0.5) is 5.69 Å². The maximum atomic E-state index is 11.8. The van der Waals surface area contributed by atoms with Crippen LogP contribution in [0.1, 0.15) is 5.56 Å². The van der Waals surface area contributed by atoms with Crippen LogP contribution in [0.2, 0.25) is 0 Å². The number of ether oxygens (including phenoxy) is 1. The lowest BCUT2D eigenvalue weighted by atomic mass is 10.2. The lowest BCUT2D eigenvalue weighted by Gasteiger charge is -2.20. The Balaban J connectivity index is 3.05. The van der Waals surface area contributed by atoms with Gasteiger partial charge in [0, 0.05) is 13.6 Å². The molecule has 0 aliphatic heterocycles. The van der Waals surface area contributed by atoms with Gasteiger partial charge in [0.1, 0.15) is 5.75 Å². The topological polar surface area (TPSA) is 72.6 Å². The minimum Gasteiger partial charge on any atom is -0.496 e. The fourth-order valence-electron chi connectivity index (χ4n) is 1.50. The van der Waals surface area contributed by atoms with Gasteiger partial charge in [-0.2, -0.15) is 0 Å². The molecular weight excluding hydrogens is 240 g/mol. The monoisotopic (exact) mass is 258 g/mol. The van der Waals surface area contributed by atoms with Crippen molar-refractivity contribution in [2.24, 2.45) is 5.73 Å². The Labute approximate surface area is 102 Å². The molecule has 0 heterocycles. The van der Waals surface area contributed by atoms with E-state index < -0.39 is 10.0 Å². The van der Waals surface area contributed by atoms with Crippen molar-refractivity contribution in [2.75, 3.05) is 30.8 Å². The van der Waals surface area contributed by atoms with Gasteiger partial charge in [0.15, 0.2) is 0 Å². The second-order valence-electron chi connectivity index (χ2n) is 3.73. The van der Waals surface area contributed by atoms with Gasteiger partial charge in [-0.25, -0.2) is 8.42 Å². The van der Waals surface area contributed by atoms with E-state index in [1.807, 2.05) is 6.92 Å². The predicted octanol–water partition coefficient (Wildman–Crippen LogP) is 0.728. The number of anilines is 1. The molecule has 0 saturated heterocycles. The Hall–Kier alpha value is -1.27. The van der Waals surface area contributed by atoms with Crippen LogP contribution in [0, 0.1) is 6.92 Å². The van der Waals surface area contributed by atoms with Crippen LogP contribution in [-0.4, -0.2) is 34.9 Å². The molecule has 2 N–H and O–H groups in total. The largest absolute Gasteiger partial charge is 0.496 e. The summed E-state index contributed by atoms with van der Waals surface area (Å²) in [6.45, 7) is 1.98. The molecule has 1 aromatic carbocycles. The minimum absolute atomic E-state index is 0.0609. The zero-order valence-electron chi connectivity index (χ0n) is 10.3. The van der Waals surface area contributed by atoms with Gasteiger partial charge in [-0.15, -0.1) is 0 Å². The SMILES string of the molecule is COc1ccc(N(C)S(=O)(=O)CCN)cc1C. The quantitative estimate of drug-likeness (QED) is 0.845. The second-order valence-corrected chi connectivity index (χ2v) is 5.85. The molecule has 0 saturated carbocycles. The molecule has 0 aliphatic carbocycles. The number of benzene rings is 1. The Bertz CT molecular complexity index is 485. The molecule has 5 nitrogen and oxygen atoms in total. The third-order valence-corrected chi connectivity index (χ3v) is 4.33. The van der Waals surface area contributed by atoms with Crippen LogP contribution < -0.4 is 14.8 Å². The Morgan fingerprint density at radius 1 is 1.41 bits per heavy atom. The zero-order valence-corrected chi connectivity index (χ0v) is 11.1. The maximum absolute atomic E-state index is 11.8. The molecule has 0 radical (unpaired) electrons. The molecule has 0 aliphatic rings. The molecule has 1 aromatic rings. The van der Waals surface area contributed by atoms with E-state index in [0.29, 0.717) is 5.69 Å². The molecule has 0 unspecified atom stereocenters. The van der Waals surface area contributed by atoms with E-state index >= 15 is 0 Å². The summed E-state index contributed by atoms with van der Waals surface area (Å²) in [5, 5.41) is 0. The van der Waals surface area contributed by atoms with Gasteiger partial charge >= 0.3 is 0 Å². The van der Waals surface area contributed by atoms with Crippen LogP contribution in [0.25, 0.3) is 0 Å². The second kappa shape index (κ2) is 5.37. The van der Waals surface area contributed by atoms with E-state index in [4.69, 9.17) is 10.5 Å². The van der Waals surface area contributed by atoms with Crippen molar-refractivity contribution in [3.63, 3.8) is 0 Å². The van der Waals surface area contributed by atoms with Crippen molar-refractivity contribution in [1.82, 2.24) is 0 Å². The highest BCUT2D eigenvalue weighted by Crippen LogP contribution is 2.24. The first-order chi connectivity index (χ1) is 7.92. The zero-order chi connectivity index (χ0) is 13.1. The standard InChI is InChI=1S/C11H18N2O3S/c1-9-8-10(4-5-11(9)16-3)13(2)17(14,15)7-6-12/h4-5,8H,6-7,12H2,1-3H3. The van der Waals surface area contributed by atoms with E-state index in [-0.39, 0.29) is 12.3 Å². The van der Waals surface area contributed by atoms with E-state index in [0.717, 1.165) is 11.3 Å². The number of nitrogens with two attached hydrogens (primary N) is 1. The van der Waals surface area contributed by atoms with Gasteiger partial charge in [0.05, 0.1) is 18.6 Å². The fraction of sp³-hybridized carbons (Fsp3) is 0.455. The summed E-state index contributed by atoms with van der Waals surface area (Å²) in [4.78, 5) is 0. The summed E-state index contributed by atoms with van der Waals surface area (Å²) in [5.74, 6) is 0.674. The van der Waals surface area contributed by atoms with E-state index in [9.17, 15) is 8.42 Å². The molecule has 0 aromatic heterocycles. The van der Waals surface area contributed by atoms with Gasteiger partial charge in [-0.1, -0.05) is 0 Å². The van der Waals surface area contributed by atoms with Crippen LogP contribution in [0.5, 0.6) is 5.75 Å². The summed E-state index contributed by atoms with van der Waals surface area (Å²) in [5.41, 5.74) is 6.78. The van der Waals surface area contributed by atoms with Crippen LogP contribution in [-0.2, 0) is 10.0 Å². The number of hydrogen-bond donors (Lipinski definition) is 1. The average molecular weight is 258 g/mol. The van der Waals surface area contributed by atoms with Crippen LogP contribution in [0.3, 0.4) is 0 Å². The first kappa shape index (κ1) is 13.8. The number of sulfonamides is 1. The van der Waals surface area contributed by atoms with E-state index in [2.05, 4.69) is 0 Å². The predicted molar refractivity (Wildman–Crippen MR) is 69.0 cm³/mol. The molecule has 6 heteroatoms. The lowest BCUT2D eigenvalue weighted by molar-refractivity contribution is 0.412. The van der Waals surface area contributed by atoms with E-state index in [1.54, 1.807) is 25.3 Å². The molecule has 0 spiro atoms. The van der Waals surface area contributed by atoms with Crippen molar-refractivity contribution in [3.05, 3.63) is 23.8 Å². The van der Waals surface area contributed by atoms with Gasteiger partial charge in [0.2, 0.25) is 10.0 Å². The van der Waals surface area contributed by atoms with Crippen molar-refractivity contribution >= 4 is 15.7 Å². The number of hydrogen-bond acceptors (Lipinski definition) is 4. The van der Waals surface area contributed by atoms with Crippen LogP contribution >= 0.6 is 0 Å². The number of methoxy groups -OCH3 is 1. The highest BCUT2D eigenvalue weighted by molar-refractivity contribution is 7.92. The number of rotatable bonds is 5. The molecule has 17 heavy (non-hydrogen) atoms. The summed E-state index contributed by atoms with van der Waals surface area (Å²) in [6, 6.07) is 5.23. The van der Waals surface area contributed by atoms with E-state index in [1.165, 1.54) is 11.4 Å². The number of aryl methyl sites for hydroxylation is 1. The molecular formula is C11H18N2O3S. The third kappa shape index (κ3) is 3.10. The summed E-state index contributed by atoms with van der Waals surface area (Å²) >= 11 is 0. The molecule has 0 atom stereocenters. The maximum Gasteiger partial charge on any atom is 0.236 e. The van der Waals surface area contributed by atoms with Gasteiger partial charge in [0.25, 0.3) is 0 Å². The average Bonchev–Trinajstić information content (AvgIpc) is 2.27. The minimum atomic E-state index is -3.33. The van der Waals surface area contributed by atoms with Gasteiger partial charge in [-0.3, -0.25) is 4.31 Å². The number of nitrogens with zero attached hydrogens (tertiary/aromatic N) is 1. The fourth-order valence-corrected chi connectivity index (χ4v) is 2.51. The summed E-state index contributed by atoms with van der Waals surface area (Å²) < 4.78 is 30.0. The first-order valence-electron chi connectivity index (χ1n) is 5.23. The molecule has 0 bridgehead atoms. The normalized spacial score (nSPS) is 11.3. The Morgan fingerprint density at radius 3 is 2.53 bits per heavy atom. The van der Waals surface area contributed by atoms with Crippen molar-refractivity contribution in [2.45, 2.75) is 6.92 Å². The van der Waals surface area contributed by atoms with Crippen molar-refractivity contribution in [1.29, 1.82) is 0 Å². The smallest absolute Gasteiger partial charge is 0.236 e. The highest BCUT2D eigenvalue weighted by Gasteiger charge is 2.17. The molecule has 0 amide bonds.